The predicted octanol–water partition coefficient (Wildman–Crippen LogP) is 2.83. The number of nitrogens with one attached hydrogen (secondary N) is 2. The van der Waals surface area contributed by atoms with Crippen LogP contribution in [0.3, 0.4) is 0 Å². The number of amides is 1. The SMILES string of the molecule is COP(c1ccccc1)c1c(C(=O)NCN2CCOCC2)[nH]c2ccc(Cl)cc12. The molecule has 8 heteroatoms. The second-order valence-electron chi connectivity index (χ2n) is 6.75. The van der Waals surface area contributed by atoms with Gasteiger partial charge in [0.25, 0.3) is 5.91 Å². The fraction of sp³-hybridized carbons (Fsp3) is 0.286. The smallest absolute Gasteiger partial charge is 0.269 e. The number of carbonyl (C=O) groups is 1. The summed E-state index contributed by atoms with van der Waals surface area (Å²) in [6, 6.07) is 15.6. The van der Waals surface area contributed by atoms with Crippen LogP contribution in [0.15, 0.2) is 48.5 Å². The molecule has 1 fully saturated rings. The number of rotatable bonds is 6. The minimum Gasteiger partial charge on any atom is -0.379 e. The molecule has 4 rings (SSSR count). The third-order valence-corrected chi connectivity index (χ3v) is 7.14. The molecule has 1 atom stereocenters. The summed E-state index contributed by atoms with van der Waals surface area (Å²) in [6.07, 6.45) is 0. The van der Waals surface area contributed by atoms with Gasteiger partial charge in [0.05, 0.1) is 28.0 Å². The number of ether oxygens (including phenoxy) is 1. The molecule has 1 aliphatic rings. The Labute approximate surface area is 176 Å². The third-order valence-electron chi connectivity index (χ3n) is 4.90. The van der Waals surface area contributed by atoms with Crippen LogP contribution in [0.1, 0.15) is 10.5 Å². The zero-order chi connectivity index (χ0) is 20.2. The molecule has 0 saturated carbocycles. The third kappa shape index (κ3) is 4.47. The van der Waals surface area contributed by atoms with Gasteiger partial charge < -0.3 is 19.6 Å². The monoisotopic (exact) mass is 431 g/mol. The molecule has 1 saturated heterocycles. The van der Waals surface area contributed by atoms with Crippen LogP contribution in [0.5, 0.6) is 0 Å². The number of H-pyrrole nitrogens is 1. The van der Waals surface area contributed by atoms with Crippen LogP contribution < -0.4 is 15.9 Å². The van der Waals surface area contributed by atoms with Gasteiger partial charge in [-0.05, 0) is 18.2 Å². The van der Waals surface area contributed by atoms with Gasteiger partial charge >= 0.3 is 0 Å². The second-order valence-corrected chi connectivity index (χ2v) is 9.10. The lowest BCUT2D eigenvalue weighted by molar-refractivity contribution is 0.0334. The number of fused-ring (bicyclic) bond motifs is 1. The molecule has 1 aliphatic heterocycles. The first-order valence-corrected chi connectivity index (χ1v) is 11.1. The van der Waals surface area contributed by atoms with E-state index in [1.54, 1.807) is 7.11 Å². The van der Waals surface area contributed by atoms with Crippen molar-refractivity contribution >= 4 is 47.2 Å². The molecule has 152 valence electrons. The molecular weight excluding hydrogens is 409 g/mol. The highest BCUT2D eigenvalue weighted by Gasteiger charge is 2.27. The molecular formula is C21H23ClN3O3P. The number of halogens is 1. The maximum absolute atomic E-state index is 13.1. The first-order valence-electron chi connectivity index (χ1n) is 9.46. The van der Waals surface area contributed by atoms with Gasteiger partial charge in [-0.15, -0.1) is 0 Å². The Morgan fingerprint density at radius 3 is 2.72 bits per heavy atom. The van der Waals surface area contributed by atoms with E-state index in [1.165, 1.54) is 0 Å². The first kappa shape index (κ1) is 20.3. The topological polar surface area (TPSA) is 66.6 Å². The fourth-order valence-electron chi connectivity index (χ4n) is 3.45. The maximum Gasteiger partial charge on any atom is 0.269 e. The van der Waals surface area contributed by atoms with Gasteiger partial charge in [0.2, 0.25) is 0 Å². The van der Waals surface area contributed by atoms with Crippen LogP contribution in [0.2, 0.25) is 5.02 Å². The molecule has 3 aromatic rings. The van der Waals surface area contributed by atoms with Crippen molar-refractivity contribution in [3.05, 3.63) is 59.2 Å². The van der Waals surface area contributed by atoms with Crippen molar-refractivity contribution in [2.24, 2.45) is 0 Å². The Balaban J connectivity index is 1.71. The standard InChI is InChI=1S/C21H23ClN3O3P/c1-27-29(16-5-3-2-4-6-16)20-17-13-15(22)7-8-18(17)24-19(20)21(26)23-14-25-9-11-28-12-10-25/h2-8,13,24H,9-12,14H2,1H3,(H,23,26). The van der Waals surface area contributed by atoms with E-state index in [2.05, 4.69) is 15.2 Å². The van der Waals surface area contributed by atoms with Gasteiger partial charge in [0.15, 0.2) is 0 Å². The van der Waals surface area contributed by atoms with E-state index in [0.717, 1.165) is 34.6 Å². The summed E-state index contributed by atoms with van der Waals surface area (Å²) in [7, 11) is 0.491. The number of aromatic amines is 1. The highest BCUT2D eigenvalue weighted by atomic mass is 35.5. The summed E-state index contributed by atoms with van der Waals surface area (Å²) in [5.41, 5.74) is 1.38. The Hall–Kier alpha value is -1.95. The highest BCUT2D eigenvalue weighted by molar-refractivity contribution is 7.69. The number of carbonyl (C=O) groups excluding carboxylic acids is 1. The van der Waals surface area contributed by atoms with Crippen molar-refractivity contribution in [2.45, 2.75) is 0 Å². The zero-order valence-corrected chi connectivity index (χ0v) is 17.8. The molecule has 2 aromatic carbocycles. The molecule has 0 bridgehead atoms. The van der Waals surface area contributed by atoms with Crippen molar-refractivity contribution in [1.82, 2.24) is 15.2 Å². The first-order chi connectivity index (χ1) is 14.2. The molecule has 29 heavy (non-hydrogen) atoms. The number of aromatic nitrogens is 1. The van der Waals surface area contributed by atoms with Gasteiger partial charge in [-0.25, -0.2) is 0 Å². The van der Waals surface area contributed by atoms with Crippen LogP contribution in [0.25, 0.3) is 10.9 Å². The van der Waals surface area contributed by atoms with E-state index < -0.39 is 8.15 Å². The second kappa shape index (κ2) is 9.24. The Morgan fingerprint density at radius 1 is 1.24 bits per heavy atom. The summed E-state index contributed by atoms with van der Waals surface area (Å²) >= 11 is 6.27. The Kier molecular flexibility index (Phi) is 6.48. The molecule has 1 amide bonds. The van der Waals surface area contributed by atoms with Crippen molar-refractivity contribution in [3.63, 3.8) is 0 Å². The molecule has 0 radical (unpaired) electrons. The Morgan fingerprint density at radius 2 is 2.00 bits per heavy atom. The van der Waals surface area contributed by atoms with Gasteiger partial charge in [-0.3, -0.25) is 9.69 Å². The van der Waals surface area contributed by atoms with Crippen LogP contribution in [-0.2, 0) is 9.26 Å². The number of hydrogen-bond donors (Lipinski definition) is 2. The van der Waals surface area contributed by atoms with Crippen molar-refractivity contribution in [1.29, 1.82) is 0 Å². The van der Waals surface area contributed by atoms with Crippen LogP contribution >= 0.6 is 19.7 Å². The minimum atomic E-state index is -1.19. The van der Waals surface area contributed by atoms with Gasteiger partial charge in [-0.1, -0.05) is 41.9 Å². The van der Waals surface area contributed by atoms with E-state index in [1.807, 2.05) is 48.5 Å². The number of benzene rings is 2. The number of morpholine rings is 1. The summed E-state index contributed by atoms with van der Waals surface area (Å²) < 4.78 is 11.3. The molecule has 0 aliphatic carbocycles. The molecule has 2 heterocycles. The fourth-order valence-corrected chi connectivity index (χ4v) is 5.48. The molecule has 0 spiro atoms. The summed E-state index contributed by atoms with van der Waals surface area (Å²) in [5.74, 6) is -0.153. The van der Waals surface area contributed by atoms with Gasteiger partial charge in [-0.2, -0.15) is 0 Å². The van der Waals surface area contributed by atoms with E-state index in [9.17, 15) is 4.79 Å². The number of nitrogens with zero attached hydrogens (tertiary/aromatic N) is 1. The van der Waals surface area contributed by atoms with E-state index in [0.29, 0.717) is 30.6 Å². The van der Waals surface area contributed by atoms with Crippen molar-refractivity contribution in [3.8, 4) is 0 Å². The summed E-state index contributed by atoms with van der Waals surface area (Å²) in [6.45, 7) is 3.48. The lowest BCUT2D eigenvalue weighted by Crippen LogP contribution is -2.44. The normalized spacial score (nSPS) is 16.1. The van der Waals surface area contributed by atoms with Crippen LogP contribution in [0.4, 0.5) is 0 Å². The quantitative estimate of drug-likeness (QED) is 0.589. The Bertz CT molecular complexity index is 990. The zero-order valence-electron chi connectivity index (χ0n) is 16.2. The summed E-state index contributed by atoms with van der Waals surface area (Å²) in [4.78, 5) is 18.6. The van der Waals surface area contributed by atoms with Crippen LogP contribution in [-0.4, -0.2) is 55.9 Å². The minimum absolute atomic E-state index is 0.153. The highest BCUT2D eigenvalue weighted by Crippen LogP contribution is 2.38. The van der Waals surface area contributed by atoms with E-state index >= 15 is 0 Å². The van der Waals surface area contributed by atoms with E-state index in [4.69, 9.17) is 20.9 Å². The van der Waals surface area contributed by atoms with Crippen molar-refractivity contribution in [2.75, 3.05) is 40.1 Å². The van der Waals surface area contributed by atoms with Crippen molar-refractivity contribution < 1.29 is 14.1 Å². The molecule has 1 aromatic heterocycles. The average molecular weight is 432 g/mol. The maximum atomic E-state index is 13.1. The lowest BCUT2D eigenvalue weighted by atomic mass is 10.2. The summed E-state index contributed by atoms with van der Waals surface area (Å²) in [5, 5.41) is 6.46. The largest absolute Gasteiger partial charge is 0.379 e. The van der Waals surface area contributed by atoms with E-state index in [-0.39, 0.29) is 5.91 Å². The lowest BCUT2D eigenvalue weighted by Gasteiger charge is -2.26. The molecule has 6 nitrogen and oxygen atoms in total. The van der Waals surface area contributed by atoms with Crippen LogP contribution in [0, 0.1) is 0 Å². The predicted molar refractivity (Wildman–Crippen MR) is 118 cm³/mol. The van der Waals surface area contributed by atoms with Gasteiger partial charge in [0, 0.05) is 46.7 Å². The molecule has 2 N–H and O–H groups in total. The number of hydrogen-bond acceptors (Lipinski definition) is 4. The molecule has 1 unspecified atom stereocenters. The average Bonchev–Trinajstić information content (AvgIpc) is 3.13. The van der Waals surface area contributed by atoms with Gasteiger partial charge in [0.1, 0.15) is 5.69 Å².